The topological polar surface area (TPSA) is 156 Å². The van der Waals surface area contributed by atoms with Gasteiger partial charge in [0.1, 0.15) is 11.0 Å². The van der Waals surface area contributed by atoms with Gasteiger partial charge in [-0.3, -0.25) is 9.59 Å². The van der Waals surface area contributed by atoms with Gasteiger partial charge < -0.3 is 10.1 Å². The molecule has 2 heterocycles. The number of aryl methyl sites for hydroxylation is 2. The van der Waals surface area contributed by atoms with Crippen LogP contribution in [0.1, 0.15) is 26.5 Å². The van der Waals surface area contributed by atoms with Crippen molar-refractivity contribution < 1.29 is 32.2 Å². The minimum Gasteiger partial charge on any atom is -0.405 e. The molecule has 0 aliphatic rings. The first-order valence-electron chi connectivity index (χ1n) is 8.23. The summed E-state index contributed by atoms with van der Waals surface area (Å²) in [4.78, 5) is 24.7. The first kappa shape index (κ1) is 21.9. The summed E-state index contributed by atoms with van der Waals surface area (Å²) >= 11 is 6.20. The molecule has 0 fully saturated rings. The van der Waals surface area contributed by atoms with Gasteiger partial charge in [-0.1, -0.05) is 11.6 Å². The Balaban J connectivity index is 1.90. The number of anilines is 1. The van der Waals surface area contributed by atoms with Crippen molar-refractivity contribution in [2.75, 3.05) is 5.32 Å². The Morgan fingerprint density at radius 1 is 1.29 bits per heavy atom. The standard InChI is InChI=1S/C14H12ClF3N10O3/c1-27-10(21-23-25-27)12(30)19-5-7-8(31-14(16,17)18)4-3-6(9(7)15)11(29)20-13-22-24-26-28(13)2/h3-4H,5H2,1-2H3,(H2,19,20,22,26,29,30)/p+1. The van der Waals surface area contributed by atoms with Crippen molar-refractivity contribution in [3.63, 3.8) is 0 Å². The van der Waals surface area contributed by atoms with Crippen LogP contribution in [-0.4, -0.2) is 53.9 Å². The largest absolute Gasteiger partial charge is 0.573 e. The number of halogens is 4. The molecule has 0 aliphatic carbocycles. The molecule has 0 aliphatic heterocycles. The molecule has 0 saturated heterocycles. The predicted octanol–water partition coefficient (Wildman–Crippen LogP) is -0.113. The lowest BCUT2D eigenvalue weighted by molar-refractivity contribution is -0.717. The van der Waals surface area contributed by atoms with Crippen LogP contribution in [0.3, 0.4) is 0 Å². The maximum Gasteiger partial charge on any atom is 0.573 e. The number of nitrogens with one attached hydrogen (secondary N) is 3. The number of hydrogen-bond acceptors (Lipinski definition) is 8. The molecule has 164 valence electrons. The fraction of sp³-hybridized carbons (Fsp3) is 0.286. The van der Waals surface area contributed by atoms with E-state index in [1.54, 1.807) is 0 Å². The van der Waals surface area contributed by atoms with Crippen molar-refractivity contribution in [2.45, 2.75) is 12.9 Å². The highest BCUT2D eigenvalue weighted by Gasteiger charge is 2.33. The average molecular weight is 462 g/mol. The normalized spacial score (nSPS) is 11.3. The van der Waals surface area contributed by atoms with E-state index in [0.717, 1.165) is 16.8 Å². The molecule has 2 amide bonds. The number of nitrogens with zero attached hydrogens (tertiary/aromatic N) is 7. The molecule has 3 aromatic rings. The zero-order valence-corrected chi connectivity index (χ0v) is 16.5. The molecule has 0 radical (unpaired) electrons. The Morgan fingerprint density at radius 2 is 2.03 bits per heavy atom. The molecule has 3 N–H and O–H groups in total. The molecule has 17 heteroatoms. The number of rotatable bonds is 6. The molecule has 0 atom stereocenters. The number of amides is 2. The second-order valence-corrected chi connectivity index (χ2v) is 6.28. The number of ether oxygens (including phenoxy) is 1. The van der Waals surface area contributed by atoms with Gasteiger partial charge in [-0.15, -0.1) is 23.5 Å². The van der Waals surface area contributed by atoms with Gasteiger partial charge in [-0.2, -0.15) is 4.68 Å². The highest BCUT2D eigenvalue weighted by Crippen LogP contribution is 2.34. The fourth-order valence-corrected chi connectivity index (χ4v) is 2.67. The van der Waals surface area contributed by atoms with Gasteiger partial charge in [-0.25, -0.2) is 10.00 Å². The van der Waals surface area contributed by atoms with E-state index in [1.165, 1.54) is 18.8 Å². The van der Waals surface area contributed by atoms with Crippen molar-refractivity contribution in [2.24, 2.45) is 14.1 Å². The minimum atomic E-state index is -5.03. The number of carbonyl (C=O) groups is 2. The summed E-state index contributed by atoms with van der Waals surface area (Å²) < 4.78 is 44.7. The molecular weight excluding hydrogens is 449 g/mol. The third kappa shape index (κ3) is 5.03. The molecule has 13 nitrogen and oxygen atoms in total. The number of aromatic amines is 1. The van der Waals surface area contributed by atoms with E-state index < -0.39 is 30.5 Å². The van der Waals surface area contributed by atoms with E-state index in [9.17, 15) is 22.8 Å². The van der Waals surface area contributed by atoms with E-state index >= 15 is 0 Å². The monoisotopic (exact) mass is 461 g/mol. The van der Waals surface area contributed by atoms with Crippen LogP contribution in [0.4, 0.5) is 19.1 Å². The Bertz CT molecular complexity index is 1130. The van der Waals surface area contributed by atoms with Crippen molar-refractivity contribution in [3.05, 3.63) is 34.1 Å². The predicted molar refractivity (Wildman–Crippen MR) is 93.6 cm³/mol. The van der Waals surface area contributed by atoms with Crippen LogP contribution < -0.4 is 20.1 Å². The Labute approximate surface area is 175 Å². The van der Waals surface area contributed by atoms with Gasteiger partial charge in [0.2, 0.25) is 5.82 Å². The first-order chi connectivity index (χ1) is 14.6. The van der Waals surface area contributed by atoms with Gasteiger partial charge >= 0.3 is 18.2 Å². The fourth-order valence-electron chi connectivity index (χ4n) is 2.36. The summed E-state index contributed by atoms with van der Waals surface area (Å²) in [6, 6.07) is 1.94. The van der Waals surface area contributed by atoms with Gasteiger partial charge in [0.15, 0.2) is 0 Å². The molecule has 0 unspecified atom stereocenters. The number of alkyl halides is 3. The van der Waals surface area contributed by atoms with Crippen LogP contribution in [0.2, 0.25) is 5.02 Å². The van der Waals surface area contributed by atoms with E-state index in [4.69, 9.17) is 11.6 Å². The summed E-state index contributed by atoms with van der Waals surface area (Å²) in [7, 11) is 2.91. The average Bonchev–Trinajstić information content (AvgIpc) is 3.28. The third-order valence-electron chi connectivity index (χ3n) is 3.80. The van der Waals surface area contributed by atoms with Crippen LogP contribution in [0.15, 0.2) is 12.1 Å². The van der Waals surface area contributed by atoms with E-state index in [1.807, 2.05) is 0 Å². The smallest absolute Gasteiger partial charge is 0.405 e. The molecule has 31 heavy (non-hydrogen) atoms. The minimum absolute atomic E-state index is 0.0290. The second kappa shape index (κ2) is 8.50. The molecule has 3 rings (SSSR count). The summed E-state index contributed by atoms with van der Waals surface area (Å²) in [5, 5.41) is 24.2. The highest BCUT2D eigenvalue weighted by atomic mass is 35.5. The molecule has 0 bridgehead atoms. The van der Waals surface area contributed by atoms with Crippen molar-refractivity contribution >= 4 is 29.4 Å². The lowest BCUT2D eigenvalue weighted by Gasteiger charge is -2.16. The second-order valence-electron chi connectivity index (χ2n) is 5.90. The van der Waals surface area contributed by atoms with Crippen LogP contribution in [0, 0.1) is 0 Å². The van der Waals surface area contributed by atoms with Gasteiger partial charge in [0.05, 0.1) is 22.7 Å². The number of tetrazole rings is 2. The van der Waals surface area contributed by atoms with E-state index in [0.29, 0.717) is 0 Å². The van der Waals surface area contributed by atoms with Crippen LogP contribution in [-0.2, 0) is 20.6 Å². The zero-order chi connectivity index (χ0) is 22.8. The van der Waals surface area contributed by atoms with E-state index in [2.05, 4.69) is 46.4 Å². The van der Waals surface area contributed by atoms with Crippen molar-refractivity contribution in [3.8, 4) is 5.75 Å². The van der Waals surface area contributed by atoms with Crippen LogP contribution >= 0.6 is 11.6 Å². The lowest BCUT2D eigenvalue weighted by Crippen LogP contribution is -2.35. The summed E-state index contributed by atoms with van der Waals surface area (Å²) in [5.41, 5.74) is -0.483. The summed E-state index contributed by atoms with van der Waals surface area (Å²) in [5.74, 6) is -2.43. The first-order valence-corrected chi connectivity index (χ1v) is 8.60. The van der Waals surface area contributed by atoms with Gasteiger partial charge in [0, 0.05) is 19.2 Å². The maximum atomic E-state index is 12.8. The van der Waals surface area contributed by atoms with Crippen molar-refractivity contribution in [1.29, 1.82) is 0 Å². The lowest BCUT2D eigenvalue weighted by atomic mass is 10.1. The maximum absolute atomic E-state index is 12.8. The highest BCUT2D eigenvalue weighted by molar-refractivity contribution is 6.35. The molecular formula is C14H13ClF3N10O3+. The Kier molecular flexibility index (Phi) is 6.00. The number of benzene rings is 1. The molecule has 0 saturated carbocycles. The van der Waals surface area contributed by atoms with Gasteiger partial charge in [-0.05, 0) is 22.6 Å². The third-order valence-corrected chi connectivity index (χ3v) is 4.23. The zero-order valence-electron chi connectivity index (χ0n) is 15.7. The SMILES string of the molecule is Cn1nnnc1C(=O)NCc1c(OC(F)(F)F)ccc(C(=O)Nc2nn[nH][n+]2C)c1Cl. The number of carbonyl (C=O) groups excluding carboxylic acids is 2. The number of H-pyrrole nitrogens is 1. The number of aromatic nitrogens is 8. The van der Waals surface area contributed by atoms with Crippen LogP contribution in [0.5, 0.6) is 5.75 Å². The number of hydrogen-bond donors (Lipinski definition) is 3. The van der Waals surface area contributed by atoms with Gasteiger partial charge in [0.25, 0.3) is 5.91 Å². The molecule has 0 spiro atoms. The quantitative estimate of drug-likeness (QED) is 0.429. The molecule has 1 aromatic carbocycles. The Morgan fingerprint density at radius 3 is 2.61 bits per heavy atom. The van der Waals surface area contributed by atoms with E-state index in [-0.39, 0.29) is 27.9 Å². The molecule has 2 aromatic heterocycles. The Hall–Kier alpha value is -3.82. The summed E-state index contributed by atoms with van der Waals surface area (Å²) in [6.07, 6.45) is -5.03. The van der Waals surface area contributed by atoms with Crippen molar-refractivity contribution in [1.82, 2.24) is 41.0 Å². The summed E-state index contributed by atoms with van der Waals surface area (Å²) in [6.45, 7) is -0.519. The van der Waals surface area contributed by atoms with Crippen LogP contribution in [0.25, 0.3) is 0 Å².